The zero-order valence-electron chi connectivity index (χ0n) is 14.8. The zero-order valence-corrected chi connectivity index (χ0v) is 14.8. The summed E-state index contributed by atoms with van der Waals surface area (Å²) in [5.41, 5.74) is 1.28. The topological polar surface area (TPSA) is 60.7 Å². The average Bonchev–Trinajstić information content (AvgIpc) is 3.10. The molecule has 0 radical (unpaired) electrons. The molecule has 0 saturated heterocycles. The average molecular weight is 351 g/mol. The Morgan fingerprint density at radius 2 is 2.04 bits per heavy atom. The summed E-state index contributed by atoms with van der Waals surface area (Å²) in [5, 5.41) is 3.95. The van der Waals surface area contributed by atoms with Gasteiger partial charge >= 0.3 is 0 Å². The van der Waals surface area contributed by atoms with Crippen LogP contribution < -0.4 is 14.8 Å². The first-order valence-corrected chi connectivity index (χ1v) is 8.33. The number of nitrogens with one attached hydrogen (secondary N) is 1. The quantitative estimate of drug-likeness (QED) is 0.637. The molecule has 134 valence electrons. The molecule has 0 unspecified atom stereocenters. The summed E-state index contributed by atoms with van der Waals surface area (Å²) in [6.45, 7) is 5.86. The molecule has 26 heavy (non-hydrogen) atoms. The monoisotopic (exact) mass is 351 g/mol. The predicted molar refractivity (Wildman–Crippen MR) is 101 cm³/mol. The van der Waals surface area contributed by atoms with Gasteiger partial charge in [-0.3, -0.25) is 4.79 Å². The lowest BCUT2D eigenvalue weighted by atomic mass is 10.1. The van der Waals surface area contributed by atoms with Crippen molar-refractivity contribution in [3.8, 4) is 11.5 Å². The van der Waals surface area contributed by atoms with Crippen LogP contribution in [0.15, 0.2) is 65.6 Å². The Bertz CT molecular complexity index is 896. The van der Waals surface area contributed by atoms with E-state index >= 15 is 0 Å². The minimum absolute atomic E-state index is 0.216. The molecule has 1 heterocycles. The van der Waals surface area contributed by atoms with Gasteiger partial charge in [0.1, 0.15) is 18.0 Å². The van der Waals surface area contributed by atoms with Crippen molar-refractivity contribution >= 4 is 16.9 Å². The largest absolute Gasteiger partial charge is 0.493 e. The normalized spacial score (nSPS) is 11.8. The number of rotatable bonds is 7. The summed E-state index contributed by atoms with van der Waals surface area (Å²) in [6, 6.07) is 14.5. The fraction of sp³-hybridized carbons (Fsp3) is 0.190. The molecule has 1 aromatic heterocycles. The molecule has 0 aliphatic heterocycles. The number of carbonyl (C=O) groups excluding carboxylic acids is 1. The van der Waals surface area contributed by atoms with E-state index in [1.807, 2.05) is 37.3 Å². The first-order valence-electron chi connectivity index (χ1n) is 8.33. The maximum atomic E-state index is 12.6. The molecular formula is C21H21NO4. The minimum atomic E-state index is -0.266. The molecule has 0 saturated carbocycles. The highest BCUT2D eigenvalue weighted by Crippen LogP contribution is 2.29. The van der Waals surface area contributed by atoms with Gasteiger partial charge in [-0.1, -0.05) is 30.9 Å². The molecule has 0 aliphatic carbocycles. The van der Waals surface area contributed by atoms with Crippen LogP contribution in [0.25, 0.3) is 11.0 Å². The number of para-hydroxylation sites is 1. The molecule has 1 amide bonds. The Hall–Kier alpha value is -3.21. The molecule has 1 N–H and O–H groups in total. The van der Waals surface area contributed by atoms with E-state index in [-0.39, 0.29) is 11.9 Å². The summed E-state index contributed by atoms with van der Waals surface area (Å²) < 4.78 is 16.6. The lowest BCUT2D eigenvalue weighted by molar-refractivity contribution is 0.0935. The Morgan fingerprint density at radius 3 is 2.77 bits per heavy atom. The van der Waals surface area contributed by atoms with E-state index in [4.69, 9.17) is 13.9 Å². The molecule has 5 heteroatoms. The van der Waals surface area contributed by atoms with E-state index in [1.165, 1.54) is 7.11 Å². The molecule has 0 aliphatic rings. The Balaban J connectivity index is 1.75. The number of amides is 1. The van der Waals surface area contributed by atoms with Crippen molar-refractivity contribution in [3.05, 3.63) is 72.5 Å². The van der Waals surface area contributed by atoms with Gasteiger partial charge in [-0.25, -0.2) is 0 Å². The van der Waals surface area contributed by atoms with Crippen molar-refractivity contribution < 1.29 is 18.7 Å². The van der Waals surface area contributed by atoms with Crippen LogP contribution in [0.4, 0.5) is 0 Å². The number of fused-ring (bicyclic) bond motifs is 1. The van der Waals surface area contributed by atoms with Crippen LogP contribution >= 0.6 is 0 Å². The van der Waals surface area contributed by atoms with Gasteiger partial charge in [-0.2, -0.15) is 0 Å². The van der Waals surface area contributed by atoms with E-state index in [9.17, 15) is 4.79 Å². The summed E-state index contributed by atoms with van der Waals surface area (Å²) in [4.78, 5) is 12.6. The third-order valence-corrected chi connectivity index (χ3v) is 4.00. The van der Waals surface area contributed by atoms with Crippen LogP contribution in [0.2, 0.25) is 0 Å². The molecule has 0 fully saturated rings. The van der Waals surface area contributed by atoms with Gasteiger partial charge in [0.25, 0.3) is 5.91 Å². The maximum Gasteiger partial charge on any atom is 0.252 e. The number of benzene rings is 2. The van der Waals surface area contributed by atoms with Crippen molar-refractivity contribution in [2.75, 3.05) is 13.7 Å². The predicted octanol–water partition coefficient (Wildman–Crippen LogP) is 4.50. The third kappa shape index (κ3) is 3.72. The van der Waals surface area contributed by atoms with Gasteiger partial charge in [0.2, 0.25) is 0 Å². The van der Waals surface area contributed by atoms with Gasteiger partial charge in [0.15, 0.2) is 11.5 Å². The van der Waals surface area contributed by atoms with Gasteiger partial charge in [-0.05, 0) is 37.3 Å². The van der Waals surface area contributed by atoms with E-state index in [0.29, 0.717) is 29.4 Å². The van der Waals surface area contributed by atoms with Gasteiger partial charge in [0.05, 0.1) is 13.2 Å². The molecule has 0 bridgehead atoms. The van der Waals surface area contributed by atoms with E-state index < -0.39 is 0 Å². The van der Waals surface area contributed by atoms with Crippen LogP contribution in [0, 0.1) is 0 Å². The number of carbonyl (C=O) groups is 1. The smallest absolute Gasteiger partial charge is 0.252 e. The van der Waals surface area contributed by atoms with Crippen LogP contribution in [-0.4, -0.2) is 19.6 Å². The second-order valence-corrected chi connectivity index (χ2v) is 5.85. The van der Waals surface area contributed by atoms with Gasteiger partial charge in [0, 0.05) is 10.9 Å². The summed E-state index contributed by atoms with van der Waals surface area (Å²) in [5.74, 6) is 1.55. The third-order valence-electron chi connectivity index (χ3n) is 4.00. The zero-order chi connectivity index (χ0) is 18.5. The molecule has 3 aromatic rings. The lowest BCUT2D eigenvalue weighted by Gasteiger charge is -2.14. The van der Waals surface area contributed by atoms with E-state index in [0.717, 1.165) is 11.0 Å². The summed E-state index contributed by atoms with van der Waals surface area (Å²) >= 11 is 0. The fourth-order valence-electron chi connectivity index (χ4n) is 2.64. The lowest BCUT2D eigenvalue weighted by Crippen LogP contribution is -2.26. The first-order chi connectivity index (χ1) is 12.6. The Morgan fingerprint density at radius 1 is 1.23 bits per heavy atom. The molecule has 2 aromatic carbocycles. The van der Waals surface area contributed by atoms with Crippen molar-refractivity contribution in [2.45, 2.75) is 13.0 Å². The SMILES string of the molecule is C=CCOc1ccc(C(=O)N[C@H](C)c2cc3ccccc3o2)cc1OC. The van der Waals surface area contributed by atoms with Gasteiger partial charge < -0.3 is 19.2 Å². The number of ether oxygens (including phenoxy) is 2. The van der Waals surface area contributed by atoms with Crippen LogP contribution in [0.3, 0.4) is 0 Å². The van der Waals surface area contributed by atoms with Crippen molar-refractivity contribution in [1.29, 1.82) is 0 Å². The minimum Gasteiger partial charge on any atom is -0.493 e. The van der Waals surface area contributed by atoms with Crippen molar-refractivity contribution in [3.63, 3.8) is 0 Å². The van der Waals surface area contributed by atoms with E-state index in [2.05, 4.69) is 11.9 Å². The summed E-state index contributed by atoms with van der Waals surface area (Å²) in [6.07, 6.45) is 1.65. The molecular weight excluding hydrogens is 330 g/mol. The van der Waals surface area contributed by atoms with E-state index in [1.54, 1.807) is 24.3 Å². The number of hydrogen-bond acceptors (Lipinski definition) is 4. The van der Waals surface area contributed by atoms with Crippen LogP contribution in [0.5, 0.6) is 11.5 Å². The van der Waals surface area contributed by atoms with Crippen LogP contribution in [-0.2, 0) is 0 Å². The summed E-state index contributed by atoms with van der Waals surface area (Å²) in [7, 11) is 1.54. The molecule has 1 atom stereocenters. The van der Waals surface area contributed by atoms with Crippen LogP contribution in [0.1, 0.15) is 29.1 Å². The second kappa shape index (κ2) is 7.78. The fourth-order valence-corrected chi connectivity index (χ4v) is 2.64. The number of furan rings is 1. The maximum absolute atomic E-state index is 12.6. The highest BCUT2D eigenvalue weighted by atomic mass is 16.5. The first kappa shape index (κ1) is 17.6. The molecule has 5 nitrogen and oxygen atoms in total. The molecule has 0 spiro atoms. The standard InChI is InChI=1S/C21H21NO4/c1-4-11-25-18-10-9-16(13-20(18)24-3)21(23)22-14(2)19-12-15-7-5-6-8-17(15)26-19/h4-10,12-14H,1,11H2,2-3H3,(H,22,23)/t14-/m1/s1. The highest BCUT2D eigenvalue weighted by molar-refractivity contribution is 5.95. The number of methoxy groups -OCH3 is 1. The Kier molecular flexibility index (Phi) is 5.27. The van der Waals surface area contributed by atoms with Crippen molar-refractivity contribution in [1.82, 2.24) is 5.32 Å². The Labute approximate surface area is 152 Å². The van der Waals surface area contributed by atoms with Crippen molar-refractivity contribution in [2.24, 2.45) is 0 Å². The highest BCUT2D eigenvalue weighted by Gasteiger charge is 2.17. The molecule has 3 rings (SSSR count). The number of hydrogen-bond donors (Lipinski definition) is 1. The second-order valence-electron chi connectivity index (χ2n) is 5.85. The van der Waals surface area contributed by atoms with Gasteiger partial charge in [-0.15, -0.1) is 0 Å².